The lowest BCUT2D eigenvalue weighted by molar-refractivity contribution is -0.156. The van der Waals surface area contributed by atoms with Crippen molar-refractivity contribution in [3.63, 3.8) is 0 Å². The van der Waals surface area contributed by atoms with Gasteiger partial charge in [0, 0.05) is 6.54 Å². The Morgan fingerprint density at radius 1 is 1.22 bits per heavy atom. The summed E-state index contributed by atoms with van der Waals surface area (Å²) >= 11 is 0. The zero-order valence-corrected chi connectivity index (χ0v) is 11.2. The minimum absolute atomic E-state index is 0.00907. The van der Waals surface area contributed by atoms with Gasteiger partial charge in [0.05, 0.1) is 0 Å². The average Bonchev–Trinajstić information content (AvgIpc) is 3.13. The predicted molar refractivity (Wildman–Crippen MR) is 67.8 cm³/mol. The molecule has 1 aliphatic heterocycles. The molecule has 3 fully saturated rings. The van der Waals surface area contributed by atoms with Crippen molar-refractivity contribution in [1.29, 1.82) is 0 Å². The molecule has 4 heteroatoms. The summed E-state index contributed by atoms with van der Waals surface area (Å²) in [6.45, 7) is 4.46. The first-order valence-electron chi connectivity index (χ1n) is 7.12. The SMILES string of the molecule is CC1(C)C(=O)NC(C2CC2)C(=O)N1CCC1CC1. The van der Waals surface area contributed by atoms with E-state index in [-0.39, 0.29) is 17.9 Å². The molecule has 4 nitrogen and oxygen atoms in total. The van der Waals surface area contributed by atoms with Crippen LogP contribution in [0.1, 0.15) is 46.0 Å². The number of nitrogens with zero attached hydrogens (tertiary/aromatic N) is 1. The molecule has 0 aromatic rings. The van der Waals surface area contributed by atoms with Gasteiger partial charge in [-0.25, -0.2) is 0 Å². The Balaban J connectivity index is 1.75. The number of hydrogen-bond donors (Lipinski definition) is 1. The van der Waals surface area contributed by atoms with Crippen LogP contribution in [0.15, 0.2) is 0 Å². The summed E-state index contributed by atoms with van der Waals surface area (Å²) < 4.78 is 0. The highest BCUT2D eigenvalue weighted by Gasteiger charge is 2.50. The van der Waals surface area contributed by atoms with Gasteiger partial charge in [-0.3, -0.25) is 9.59 Å². The van der Waals surface area contributed by atoms with Crippen molar-refractivity contribution in [3.05, 3.63) is 0 Å². The van der Waals surface area contributed by atoms with E-state index in [1.807, 2.05) is 18.7 Å². The van der Waals surface area contributed by atoms with Crippen molar-refractivity contribution in [2.75, 3.05) is 6.54 Å². The monoisotopic (exact) mass is 250 g/mol. The molecule has 1 heterocycles. The second-order valence-corrected chi connectivity index (χ2v) is 6.57. The van der Waals surface area contributed by atoms with Gasteiger partial charge in [0.15, 0.2) is 0 Å². The number of nitrogens with one attached hydrogen (secondary N) is 1. The zero-order chi connectivity index (χ0) is 12.9. The van der Waals surface area contributed by atoms with Crippen molar-refractivity contribution < 1.29 is 9.59 Å². The third kappa shape index (κ3) is 2.02. The van der Waals surface area contributed by atoms with Gasteiger partial charge >= 0.3 is 0 Å². The molecule has 2 amide bonds. The molecule has 2 saturated carbocycles. The van der Waals surface area contributed by atoms with E-state index in [0.717, 1.165) is 31.7 Å². The van der Waals surface area contributed by atoms with Crippen LogP contribution in [0.4, 0.5) is 0 Å². The van der Waals surface area contributed by atoms with E-state index in [4.69, 9.17) is 0 Å². The minimum atomic E-state index is -0.683. The van der Waals surface area contributed by atoms with Crippen LogP contribution in [0, 0.1) is 11.8 Å². The molecular weight excluding hydrogens is 228 g/mol. The van der Waals surface area contributed by atoms with Gasteiger partial charge in [-0.2, -0.15) is 0 Å². The van der Waals surface area contributed by atoms with Crippen LogP contribution in [0.2, 0.25) is 0 Å². The first-order valence-corrected chi connectivity index (χ1v) is 7.12. The van der Waals surface area contributed by atoms with Crippen LogP contribution >= 0.6 is 0 Å². The van der Waals surface area contributed by atoms with E-state index >= 15 is 0 Å². The molecule has 0 bridgehead atoms. The maximum Gasteiger partial charge on any atom is 0.246 e. The predicted octanol–water partition coefficient (Wildman–Crippen LogP) is 1.30. The molecule has 3 rings (SSSR count). The van der Waals surface area contributed by atoms with Crippen LogP contribution in [0.25, 0.3) is 0 Å². The van der Waals surface area contributed by atoms with Crippen molar-refractivity contribution >= 4 is 11.8 Å². The molecule has 18 heavy (non-hydrogen) atoms. The molecule has 1 saturated heterocycles. The molecule has 0 radical (unpaired) electrons. The van der Waals surface area contributed by atoms with Gasteiger partial charge in [-0.05, 0) is 44.9 Å². The van der Waals surface area contributed by atoms with Gasteiger partial charge < -0.3 is 10.2 Å². The van der Waals surface area contributed by atoms with E-state index in [1.165, 1.54) is 12.8 Å². The van der Waals surface area contributed by atoms with E-state index in [2.05, 4.69) is 5.32 Å². The van der Waals surface area contributed by atoms with Gasteiger partial charge in [-0.1, -0.05) is 12.8 Å². The largest absolute Gasteiger partial charge is 0.342 e. The van der Waals surface area contributed by atoms with E-state index in [0.29, 0.717) is 5.92 Å². The van der Waals surface area contributed by atoms with Gasteiger partial charge in [-0.15, -0.1) is 0 Å². The fourth-order valence-electron chi connectivity index (χ4n) is 2.80. The highest BCUT2D eigenvalue weighted by molar-refractivity contribution is 5.99. The first-order chi connectivity index (χ1) is 8.50. The molecule has 1 atom stereocenters. The van der Waals surface area contributed by atoms with Crippen molar-refractivity contribution in [3.8, 4) is 0 Å². The molecule has 1 N–H and O–H groups in total. The summed E-state index contributed by atoms with van der Waals surface area (Å²) in [5.74, 6) is 1.33. The maximum absolute atomic E-state index is 12.5. The average molecular weight is 250 g/mol. The van der Waals surface area contributed by atoms with Crippen LogP contribution in [0.3, 0.4) is 0 Å². The standard InChI is InChI=1S/C14H22N2O2/c1-14(2)13(18)15-11(10-5-6-10)12(17)16(14)8-7-9-3-4-9/h9-11H,3-8H2,1-2H3,(H,15,18). The van der Waals surface area contributed by atoms with Crippen LogP contribution in [-0.4, -0.2) is 34.8 Å². The maximum atomic E-state index is 12.5. The molecule has 2 aliphatic carbocycles. The minimum Gasteiger partial charge on any atom is -0.342 e. The summed E-state index contributed by atoms with van der Waals surface area (Å²) in [7, 11) is 0. The number of hydrogen-bond acceptors (Lipinski definition) is 2. The summed E-state index contributed by atoms with van der Waals surface area (Å²) in [6, 6.07) is -0.246. The second kappa shape index (κ2) is 3.97. The highest BCUT2D eigenvalue weighted by atomic mass is 16.2. The van der Waals surface area contributed by atoms with Gasteiger partial charge in [0.1, 0.15) is 11.6 Å². The molecule has 0 spiro atoms. The Morgan fingerprint density at radius 3 is 2.44 bits per heavy atom. The van der Waals surface area contributed by atoms with Crippen molar-refractivity contribution in [1.82, 2.24) is 10.2 Å². The number of rotatable bonds is 4. The summed E-state index contributed by atoms with van der Waals surface area (Å²) in [6.07, 6.45) is 5.79. The summed E-state index contributed by atoms with van der Waals surface area (Å²) in [4.78, 5) is 26.5. The van der Waals surface area contributed by atoms with Gasteiger partial charge in [0.2, 0.25) is 11.8 Å². The summed E-state index contributed by atoms with van der Waals surface area (Å²) in [5, 5.41) is 2.92. The normalized spacial score (nSPS) is 31.4. The Bertz CT molecular complexity index is 383. The molecule has 0 aromatic heterocycles. The smallest absolute Gasteiger partial charge is 0.246 e. The van der Waals surface area contributed by atoms with E-state index in [9.17, 15) is 9.59 Å². The highest BCUT2D eigenvalue weighted by Crippen LogP contribution is 2.38. The fourth-order valence-corrected chi connectivity index (χ4v) is 2.80. The quantitative estimate of drug-likeness (QED) is 0.817. The number of carbonyl (C=O) groups is 2. The lowest BCUT2D eigenvalue weighted by atomic mass is 9.93. The van der Waals surface area contributed by atoms with Gasteiger partial charge in [0.25, 0.3) is 0 Å². The molecule has 0 aromatic carbocycles. The van der Waals surface area contributed by atoms with Crippen molar-refractivity contribution in [2.24, 2.45) is 11.8 Å². The third-order valence-electron chi connectivity index (χ3n) is 4.60. The van der Waals surface area contributed by atoms with E-state index < -0.39 is 5.54 Å². The number of carbonyl (C=O) groups excluding carboxylic acids is 2. The zero-order valence-electron chi connectivity index (χ0n) is 11.2. The lowest BCUT2D eigenvalue weighted by Crippen LogP contribution is -2.69. The topological polar surface area (TPSA) is 49.4 Å². The van der Waals surface area contributed by atoms with Crippen molar-refractivity contribution in [2.45, 2.75) is 57.5 Å². The Labute approximate surface area is 108 Å². The fraction of sp³-hybridized carbons (Fsp3) is 0.857. The molecular formula is C14H22N2O2. The molecule has 3 aliphatic rings. The Kier molecular flexibility index (Phi) is 2.65. The van der Waals surface area contributed by atoms with Crippen LogP contribution < -0.4 is 5.32 Å². The van der Waals surface area contributed by atoms with Crippen LogP contribution in [0.5, 0.6) is 0 Å². The third-order valence-corrected chi connectivity index (χ3v) is 4.60. The lowest BCUT2D eigenvalue weighted by Gasteiger charge is -2.44. The second-order valence-electron chi connectivity index (χ2n) is 6.57. The first kappa shape index (κ1) is 12.0. The van der Waals surface area contributed by atoms with Crippen LogP contribution in [-0.2, 0) is 9.59 Å². The Morgan fingerprint density at radius 2 is 1.89 bits per heavy atom. The number of piperazine rings is 1. The molecule has 100 valence electrons. The molecule has 1 unspecified atom stereocenters. The summed E-state index contributed by atoms with van der Waals surface area (Å²) in [5.41, 5.74) is -0.683. The van der Waals surface area contributed by atoms with E-state index in [1.54, 1.807) is 0 Å². The Hall–Kier alpha value is -1.06. The number of amides is 2.